The fraction of sp³-hybridized carbons (Fsp3) is 1.00. The summed E-state index contributed by atoms with van der Waals surface area (Å²) in [5, 5.41) is 0. The van der Waals surface area contributed by atoms with Gasteiger partial charge in [0.05, 0.1) is 0 Å². The lowest BCUT2D eigenvalue weighted by atomic mass is 9.58. The second kappa shape index (κ2) is 4.55. The maximum Gasteiger partial charge on any atom is 0.00476 e. The van der Waals surface area contributed by atoms with Crippen molar-refractivity contribution in [3.05, 3.63) is 0 Å². The number of rotatable bonds is 3. The van der Waals surface area contributed by atoms with Crippen LogP contribution in [0.25, 0.3) is 0 Å². The highest BCUT2D eigenvalue weighted by atomic mass is 15.2. The van der Waals surface area contributed by atoms with Crippen molar-refractivity contribution in [2.75, 3.05) is 39.8 Å². The third kappa shape index (κ3) is 2.39. The summed E-state index contributed by atoms with van der Waals surface area (Å²) in [4.78, 5) is 5.22. The molecule has 0 aromatic rings. The molecule has 0 radical (unpaired) electrons. The number of hydrogen-bond acceptors (Lipinski definition) is 2. The lowest BCUT2D eigenvalue weighted by Crippen LogP contribution is -2.62. The molecule has 2 saturated heterocycles. The number of piperidine rings is 1. The monoisotopic (exact) mass is 236 g/mol. The van der Waals surface area contributed by atoms with Crippen LogP contribution in [0, 0.1) is 17.3 Å². The molecule has 0 aromatic carbocycles. The summed E-state index contributed by atoms with van der Waals surface area (Å²) < 4.78 is 0. The number of hydrogen-bond donors (Lipinski definition) is 0. The van der Waals surface area contributed by atoms with Crippen molar-refractivity contribution in [1.29, 1.82) is 0 Å². The molecule has 3 aliphatic rings. The van der Waals surface area contributed by atoms with E-state index < -0.39 is 0 Å². The molecule has 2 aliphatic heterocycles. The molecule has 1 spiro atoms. The van der Waals surface area contributed by atoms with Crippen molar-refractivity contribution >= 4 is 0 Å². The summed E-state index contributed by atoms with van der Waals surface area (Å²) in [6.07, 6.45) is 7.34. The van der Waals surface area contributed by atoms with Crippen molar-refractivity contribution < 1.29 is 0 Å². The minimum absolute atomic E-state index is 0.779. The van der Waals surface area contributed by atoms with E-state index in [2.05, 4.69) is 23.8 Å². The van der Waals surface area contributed by atoms with E-state index in [1.807, 2.05) is 0 Å². The smallest absolute Gasteiger partial charge is 0.00476 e. The zero-order chi connectivity index (χ0) is 11.9. The SMILES string of the molecule is CCC1CCN(CC2CC3(C2)CN(C)C3)CC1. The van der Waals surface area contributed by atoms with Crippen molar-refractivity contribution in [2.45, 2.75) is 39.0 Å². The fourth-order valence-electron chi connectivity index (χ4n) is 4.59. The predicted octanol–water partition coefficient (Wildman–Crippen LogP) is 2.45. The van der Waals surface area contributed by atoms with Gasteiger partial charge in [0.25, 0.3) is 0 Å². The van der Waals surface area contributed by atoms with Gasteiger partial charge in [-0.2, -0.15) is 0 Å². The second-order valence-electron chi connectivity index (χ2n) is 7.10. The van der Waals surface area contributed by atoms with Crippen LogP contribution in [-0.2, 0) is 0 Å². The molecule has 0 aromatic heterocycles. The Balaban J connectivity index is 1.36. The Labute approximate surface area is 106 Å². The fourth-order valence-corrected chi connectivity index (χ4v) is 4.59. The van der Waals surface area contributed by atoms with Gasteiger partial charge >= 0.3 is 0 Å². The van der Waals surface area contributed by atoms with Crippen LogP contribution in [0.2, 0.25) is 0 Å². The Kier molecular flexibility index (Phi) is 3.20. The van der Waals surface area contributed by atoms with Crippen molar-refractivity contribution in [1.82, 2.24) is 9.80 Å². The molecule has 0 amide bonds. The highest BCUT2D eigenvalue weighted by molar-refractivity contribution is 5.03. The van der Waals surface area contributed by atoms with Crippen LogP contribution in [0.1, 0.15) is 39.0 Å². The van der Waals surface area contributed by atoms with E-state index >= 15 is 0 Å². The van der Waals surface area contributed by atoms with E-state index in [1.165, 1.54) is 64.8 Å². The zero-order valence-electron chi connectivity index (χ0n) is 11.6. The van der Waals surface area contributed by atoms with Crippen LogP contribution in [0.4, 0.5) is 0 Å². The van der Waals surface area contributed by atoms with E-state index in [9.17, 15) is 0 Å². The zero-order valence-corrected chi connectivity index (χ0v) is 11.6. The molecule has 0 unspecified atom stereocenters. The molecule has 0 N–H and O–H groups in total. The van der Waals surface area contributed by atoms with Gasteiger partial charge in [0.1, 0.15) is 0 Å². The van der Waals surface area contributed by atoms with Gasteiger partial charge < -0.3 is 9.80 Å². The third-order valence-corrected chi connectivity index (χ3v) is 5.45. The summed E-state index contributed by atoms with van der Waals surface area (Å²) >= 11 is 0. The summed E-state index contributed by atoms with van der Waals surface area (Å²) in [5.74, 6) is 2.06. The van der Waals surface area contributed by atoms with Crippen LogP contribution in [0.5, 0.6) is 0 Å². The normalized spacial score (nSPS) is 31.4. The number of likely N-dealkylation sites (tertiary alicyclic amines) is 2. The van der Waals surface area contributed by atoms with E-state index in [1.54, 1.807) is 0 Å². The third-order valence-electron chi connectivity index (χ3n) is 5.45. The molecule has 2 heterocycles. The van der Waals surface area contributed by atoms with Crippen LogP contribution in [0.15, 0.2) is 0 Å². The second-order valence-corrected chi connectivity index (χ2v) is 7.10. The highest BCUT2D eigenvalue weighted by Gasteiger charge is 2.50. The molecular weight excluding hydrogens is 208 g/mol. The minimum Gasteiger partial charge on any atom is -0.305 e. The Morgan fingerprint density at radius 3 is 2.24 bits per heavy atom. The van der Waals surface area contributed by atoms with E-state index in [-0.39, 0.29) is 0 Å². The van der Waals surface area contributed by atoms with Gasteiger partial charge in [0, 0.05) is 19.6 Å². The molecule has 1 saturated carbocycles. The minimum atomic E-state index is 0.779. The molecule has 98 valence electrons. The van der Waals surface area contributed by atoms with Crippen LogP contribution in [-0.4, -0.2) is 49.6 Å². The Morgan fingerprint density at radius 2 is 1.71 bits per heavy atom. The molecule has 17 heavy (non-hydrogen) atoms. The molecule has 3 fully saturated rings. The standard InChI is InChI=1S/C15H28N2/c1-3-13-4-6-17(7-5-13)10-14-8-15(9-14)11-16(2)12-15/h13-14H,3-12H2,1-2H3. The molecule has 1 aliphatic carbocycles. The van der Waals surface area contributed by atoms with Gasteiger partial charge in [0.15, 0.2) is 0 Å². The Hall–Kier alpha value is -0.0800. The average molecular weight is 236 g/mol. The molecule has 2 nitrogen and oxygen atoms in total. The van der Waals surface area contributed by atoms with Gasteiger partial charge in [-0.3, -0.25) is 0 Å². The molecule has 3 rings (SSSR count). The van der Waals surface area contributed by atoms with Gasteiger partial charge in [0.2, 0.25) is 0 Å². The van der Waals surface area contributed by atoms with Crippen LogP contribution < -0.4 is 0 Å². The lowest BCUT2D eigenvalue weighted by molar-refractivity contribution is -0.0901. The van der Waals surface area contributed by atoms with Gasteiger partial charge in [-0.05, 0) is 63.1 Å². The van der Waals surface area contributed by atoms with Crippen molar-refractivity contribution in [2.24, 2.45) is 17.3 Å². The summed E-state index contributed by atoms with van der Waals surface area (Å²) in [6.45, 7) is 9.26. The number of nitrogens with zero attached hydrogens (tertiary/aromatic N) is 2. The largest absolute Gasteiger partial charge is 0.305 e. The molecular formula is C15H28N2. The van der Waals surface area contributed by atoms with E-state index in [4.69, 9.17) is 0 Å². The Bertz CT molecular complexity index is 254. The van der Waals surface area contributed by atoms with E-state index in [0.717, 1.165) is 17.3 Å². The summed E-state index contributed by atoms with van der Waals surface area (Å²) in [5.41, 5.74) is 0.779. The molecule has 0 bridgehead atoms. The molecule has 2 heteroatoms. The first-order valence-corrected chi connectivity index (χ1v) is 7.60. The summed E-state index contributed by atoms with van der Waals surface area (Å²) in [7, 11) is 2.26. The molecule has 0 atom stereocenters. The average Bonchev–Trinajstić information content (AvgIpc) is 2.25. The van der Waals surface area contributed by atoms with Crippen molar-refractivity contribution in [3.63, 3.8) is 0 Å². The first-order valence-electron chi connectivity index (χ1n) is 7.60. The van der Waals surface area contributed by atoms with Gasteiger partial charge in [-0.15, -0.1) is 0 Å². The predicted molar refractivity (Wildman–Crippen MR) is 72.1 cm³/mol. The van der Waals surface area contributed by atoms with Gasteiger partial charge in [-0.25, -0.2) is 0 Å². The summed E-state index contributed by atoms with van der Waals surface area (Å²) in [6, 6.07) is 0. The Morgan fingerprint density at radius 1 is 1.06 bits per heavy atom. The maximum atomic E-state index is 2.74. The quantitative estimate of drug-likeness (QED) is 0.742. The highest BCUT2D eigenvalue weighted by Crippen LogP contribution is 2.51. The first kappa shape index (κ1) is 12.0. The van der Waals surface area contributed by atoms with Crippen molar-refractivity contribution in [3.8, 4) is 0 Å². The topological polar surface area (TPSA) is 6.48 Å². The van der Waals surface area contributed by atoms with Crippen LogP contribution >= 0.6 is 0 Å². The van der Waals surface area contributed by atoms with Crippen LogP contribution in [0.3, 0.4) is 0 Å². The van der Waals surface area contributed by atoms with Gasteiger partial charge in [-0.1, -0.05) is 13.3 Å². The first-order chi connectivity index (χ1) is 8.19. The maximum absolute atomic E-state index is 2.74. The lowest BCUT2D eigenvalue weighted by Gasteiger charge is -2.59. The van der Waals surface area contributed by atoms with E-state index in [0.29, 0.717) is 0 Å².